The zero-order chi connectivity index (χ0) is 19.7. The Morgan fingerprint density at radius 3 is 2.54 bits per heavy atom. The first-order valence-corrected chi connectivity index (χ1v) is 9.97. The number of nitrogens with zero attached hydrogens (tertiary/aromatic N) is 2. The van der Waals surface area contributed by atoms with Crippen LogP contribution in [0.15, 0.2) is 65.7 Å². The normalized spacial score (nSPS) is 10.8. The highest BCUT2D eigenvalue weighted by atomic mass is 32.1. The van der Waals surface area contributed by atoms with Crippen LogP contribution in [0.4, 0.5) is 5.69 Å². The number of rotatable bonds is 3. The smallest absolute Gasteiger partial charge is 0.281 e. The molecule has 0 aliphatic carbocycles. The highest BCUT2D eigenvalue weighted by Crippen LogP contribution is 2.35. The summed E-state index contributed by atoms with van der Waals surface area (Å²) in [6.07, 6.45) is 1.47. The highest BCUT2D eigenvalue weighted by Gasteiger charge is 2.17. The number of aromatic nitrogens is 2. The number of thiophene rings is 1. The third kappa shape index (κ3) is 3.42. The molecule has 7 heteroatoms. The molecule has 2 N–H and O–H groups in total. The Labute approximate surface area is 171 Å². The van der Waals surface area contributed by atoms with Crippen molar-refractivity contribution in [3.05, 3.63) is 81.7 Å². The molecule has 0 aliphatic rings. The molecule has 0 saturated carbocycles. The number of hydrogen-bond acceptors (Lipinski definition) is 4. The van der Waals surface area contributed by atoms with Crippen molar-refractivity contribution in [1.29, 1.82) is 0 Å². The van der Waals surface area contributed by atoms with Gasteiger partial charge in [0.1, 0.15) is 11.2 Å². The van der Waals surface area contributed by atoms with Crippen LogP contribution < -0.4 is 16.3 Å². The number of thiocarbonyl (C=S) groups is 1. The van der Waals surface area contributed by atoms with Gasteiger partial charge >= 0.3 is 0 Å². The van der Waals surface area contributed by atoms with Crippen LogP contribution in [0.1, 0.15) is 10.4 Å². The second-order valence-corrected chi connectivity index (χ2v) is 7.99. The molecule has 28 heavy (non-hydrogen) atoms. The van der Waals surface area contributed by atoms with E-state index in [4.69, 9.17) is 12.2 Å². The molecular formula is C21H18N4OS2. The fourth-order valence-electron chi connectivity index (χ4n) is 3.11. The molecule has 0 fully saturated rings. The van der Waals surface area contributed by atoms with Crippen molar-refractivity contribution in [2.75, 3.05) is 10.7 Å². The van der Waals surface area contributed by atoms with Crippen LogP contribution in [0.2, 0.25) is 0 Å². The van der Waals surface area contributed by atoms with E-state index in [1.165, 1.54) is 22.3 Å². The van der Waals surface area contributed by atoms with Crippen LogP contribution >= 0.6 is 23.6 Å². The quantitative estimate of drug-likeness (QED) is 0.484. The third-order valence-corrected chi connectivity index (χ3v) is 5.67. The molecule has 2 aromatic heterocycles. The van der Waals surface area contributed by atoms with Gasteiger partial charge in [-0.2, -0.15) is 0 Å². The Morgan fingerprint density at radius 1 is 1.07 bits per heavy atom. The molecule has 2 aromatic carbocycles. The molecule has 0 spiro atoms. The van der Waals surface area contributed by atoms with Crippen molar-refractivity contribution in [2.24, 2.45) is 0 Å². The first-order valence-electron chi connectivity index (χ1n) is 8.74. The monoisotopic (exact) mass is 406 g/mol. The summed E-state index contributed by atoms with van der Waals surface area (Å²) in [5, 5.41) is 4.05. The lowest BCUT2D eigenvalue weighted by Crippen LogP contribution is -2.35. The largest absolute Gasteiger partial charge is 0.331 e. The van der Waals surface area contributed by atoms with Crippen molar-refractivity contribution in [2.45, 2.75) is 13.8 Å². The summed E-state index contributed by atoms with van der Waals surface area (Å²) >= 11 is 6.90. The van der Waals surface area contributed by atoms with Gasteiger partial charge in [0.2, 0.25) is 0 Å². The fraction of sp³-hybridized carbons (Fsp3) is 0.0952. The molecular weight excluding hydrogens is 388 g/mol. The number of nitrogens with one attached hydrogen (secondary N) is 2. The van der Waals surface area contributed by atoms with Crippen molar-refractivity contribution >= 4 is 44.6 Å². The lowest BCUT2D eigenvalue weighted by Gasteiger charge is -2.13. The Morgan fingerprint density at radius 2 is 1.79 bits per heavy atom. The van der Waals surface area contributed by atoms with Gasteiger partial charge in [-0.05, 0) is 43.3 Å². The fourth-order valence-corrected chi connectivity index (χ4v) is 4.32. The zero-order valence-electron chi connectivity index (χ0n) is 15.4. The van der Waals surface area contributed by atoms with E-state index in [1.807, 2.05) is 68.4 Å². The zero-order valence-corrected chi connectivity index (χ0v) is 17.0. The molecule has 2 heterocycles. The van der Waals surface area contributed by atoms with Gasteiger partial charge in [0.15, 0.2) is 5.11 Å². The Hall–Kier alpha value is -3.03. The van der Waals surface area contributed by atoms with Gasteiger partial charge in [-0.3, -0.25) is 10.2 Å². The highest BCUT2D eigenvalue weighted by molar-refractivity contribution is 7.80. The second kappa shape index (κ2) is 7.53. The third-order valence-electron chi connectivity index (χ3n) is 4.47. The lowest BCUT2D eigenvalue weighted by atomic mass is 10.0. The summed E-state index contributed by atoms with van der Waals surface area (Å²) in [5.41, 5.74) is 6.63. The van der Waals surface area contributed by atoms with Crippen LogP contribution in [0.25, 0.3) is 21.3 Å². The van der Waals surface area contributed by atoms with Gasteiger partial charge in [-0.15, -0.1) is 11.3 Å². The van der Waals surface area contributed by atoms with E-state index in [2.05, 4.69) is 15.7 Å². The minimum atomic E-state index is -0.179. The Balaban J connectivity index is 1.71. The van der Waals surface area contributed by atoms with Gasteiger partial charge < -0.3 is 5.32 Å². The molecule has 0 bridgehead atoms. The van der Waals surface area contributed by atoms with Crippen LogP contribution in [0.3, 0.4) is 0 Å². The molecule has 4 aromatic rings. The predicted molar refractivity (Wildman–Crippen MR) is 121 cm³/mol. The standard InChI is InChI=1S/C21H18N4OS2/c1-13-8-6-7-11-16(13)23-21(27)24-25-12-22-19-18(20(25)26)17(14(2)28-19)15-9-4-3-5-10-15/h3-12H,1-2H3,(H2,23,24,27). The summed E-state index contributed by atoms with van der Waals surface area (Å²) in [7, 11) is 0. The Kier molecular flexibility index (Phi) is 4.93. The maximum Gasteiger partial charge on any atom is 0.281 e. The van der Waals surface area contributed by atoms with E-state index < -0.39 is 0 Å². The average Bonchev–Trinajstić information content (AvgIpc) is 3.03. The van der Waals surface area contributed by atoms with Crippen LogP contribution in [0.5, 0.6) is 0 Å². The number of para-hydroxylation sites is 1. The molecule has 0 aliphatic heterocycles. The molecule has 0 atom stereocenters. The summed E-state index contributed by atoms with van der Waals surface area (Å²) in [5.74, 6) is 0. The molecule has 4 rings (SSSR count). The summed E-state index contributed by atoms with van der Waals surface area (Å²) in [6, 6.07) is 17.7. The molecule has 0 radical (unpaired) electrons. The number of anilines is 1. The summed E-state index contributed by atoms with van der Waals surface area (Å²) in [6.45, 7) is 4.00. The Bertz CT molecular complexity index is 1230. The van der Waals surface area contributed by atoms with Crippen molar-refractivity contribution in [3.8, 4) is 11.1 Å². The van der Waals surface area contributed by atoms with Crippen molar-refractivity contribution in [3.63, 3.8) is 0 Å². The maximum absolute atomic E-state index is 13.2. The molecule has 5 nitrogen and oxygen atoms in total. The van der Waals surface area contributed by atoms with Gasteiger partial charge in [-0.1, -0.05) is 48.5 Å². The number of benzene rings is 2. The van der Waals surface area contributed by atoms with Crippen molar-refractivity contribution < 1.29 is 0 Å². The minimum Gasteiger partial charge on any atom is -0.331 e. The van der Waals surface area contributed by atoms with Crippen LogP contribution in [-0.2, 0) is 0 Å². The van der Waals surface area contributed by atoms with E-state index >= 15 is 0 Å². The van der Waals surface area contributed by atoms with E-state index in [9.17, 15) is 4.79 Å². The first kappa shape index (κ1) is 18.3. The van der Waals surface area contributed by atoms with Gasteiger partial charge in [0, 0.05) is 16.1 Å². The SMILES string of the molecule is Cc1ccccc1NC(=S)Nn1cnc2sc(C)c(-c3ccccc3)c2c1=O. The summed E-state index contributed by atoms with van der Waals surface area (Å²) < 4.78 is 1.33. The number of fused-ring (bicyclic) bond motifs is 1. The predicted octanol–water partition coefficient (Wildman–Crippen LogP) is 4.68. The van der Waals surface area contributed by atoms with E-state index in [1.54, 1.807) is 0 Å². The first-order chi connectivity index (χ1) is 13.5. The topological polar surface area (TPSA) is 58.9 Å². The van der Waals surface area contributed by atoms with Crippen LogP contribution in [0, 0.1) is 13.8 Å². The minimum absolute atomic E-state index is 0.179. The summed E-state index contributed by atoms with van der Waals surface area (Å²) in [4.78, 5) is 19.4. The average molecular weight is 407 g/mol. The second-order valence-electron chi connectivity index (χ2n) is 6.38. The van der Waals surface area contributed by atoms with E-state index in [0.29, 0.717) is 10.5 Å². The molecule has 0 saturated heterocycles. The lowest BCUT2D eigenvalue weighted by molar-refractivity contribution is 0.899. The van der Waals surface area contributed by atoms with Gasteiger partial charge in [-0.25, -0.2) is 9.66 Å². The van der Waals surface area contributed by atoms with Crippen molar-refractivity contribution in [1.82, 2.24) is 9.66 Å². The van der Waals surface area contributed by atoms with Gasteiger partial charge in [0.25, 0.3) is 5.56 Å². The number of aryl methyl sites for hydroxylation is 2. The molecule has 0 unspecified atom stereocenters. The van der Waals surface area contributed by atoms with Gasteiger partial charge in [0.05, 0.1) is 5.39 Å². The van der Waals surface area contributed by atoms with E-state index in [0.717, 1.165) is 32.1 Å². The maximum atomic E-state index is 13.2. The molecule has 0 amide bonds. The van der Waals surface area contributed by atoms with Crippen LogP contribution in [-0.4, -0.2) is 14.8 Å². The van der Waals surface area contributed by atoms with E-state index in [-0.39, 0.29) is 5.56 Å². The number of hydrogen-bond donors (Lipinski definition) is 2. The molecule has 140 valence electrons.